The minimum Gasteiger partial charge on any atom is -0.466 e. The first-order valence-corrected chi connectivity index (χ1v) is 6.53. The first-order valence-electron chi connectivity index (χ1n) is 6.53. The van der Waals surface area contributed by atoms with E-state index in [0.717, 1.165) is 31.6 Å². The van der Waals surface area contributed by atoms with Gasteiger partial charge in [-0.2, -0.15) is 0 Å². The van der Waals surface area contributed by atoms with E-state index < -0.39 is 0 Å². The van der Waals surface area contributed by atoms with Crippen LogP contribution in [0.5, 0.6) is 0 Å². The maximum absolute atomic E-state index is 11.3. The summed E-state index contributed by atoms with van der Waals surface area (Å²) in [5.74, 6) is -0.333. The molecule has 19 heavy (non-hydrogen) atoms. The number of ether oxygens (including phenoxy) is 3. The van der Waals surface area contributed by atoms with E-state index in [4.69, 9.17) is 9.47 Å². The summed E-state index contributed by atoms with van der Waals surface area (Å²) in [5.41, 5.74) is 0.893. The Balaban J connectivity index is 2.41. The molecule has 1 saturated heterocycles. The van der Waals surface area contributed by atoms with Crippen LogP contribution in [0.3, 0.4) is 0 Å². The average molecular weight is 269 g/mol. The van der Waals surface area contributed by atoms with E-state index in [2.05, 4.69) is 9.64 Å². The van der Waals surface area contributed by atoms with Gasteiger partial charge < -0.3 is 19.1 Å². The highest BCUT2D eigenvalue weighted by atomic mass is 16.5. The molecule has 5 nitrogen and oxygen atoms in total. The largest absolute Gasteiger partial charge is 0.466 e. The van der Waals surface area contributed by atoms with Crippen molar-refractivity contribution in [3.8, 4) is 0 Å². The van der Waals surface area contributed by atoms with Gasteiger partial charge in [-0.15, -0.1) is 0 Å². The molecule has 0 unspecified atom stereocenters. The second-order valence-electron chi connectivity index (χ2n) is 4.29. The van der Waals surface area contributed by atoms with Gasteiger partial charge in [0.15, 0.2) is 0 Å². The lowest BCUT2D eigenvalue weighted by Crippen LogP contribution is -2.23. The fraction of sp³-hybridized carbons (Fsp3) is 0.643. The Kier molecular flexibility index (Phi) is 7.93. The summed E-state index contributed by atoms with van der Waals surface area (Å²) in [4.78, 5) is 13.5. The lowest BCUT2D eigenvalue weighted by molar-refractivity contribution is -0.135. The van der Waals surface area contributed by atoms with Gasteiger partial charge in [0.2, 0.25) is 0 Å². The second-order valence-corrected chi connectivity index (χ2v) is 4.29. The van der Waals surface area contributed by atoms with Gasteiger partial charge in [-0.1, -0.05) is 12.2 Å². The number of rotatable bonds is 8. The van der Waals surface area contributed by atoms with Crippen molar-refractivity contribution >= 4 is 5.97 Å². The molecule has 5 heteroatoms. The Morgan fingerprint density at radius 2 is 1.84 bits per heavy atom. The molecule has 0 radical (unpaired) electrons. The Morgan fingerprint density at radius 3 is 2.47 bits per heavy atom. The Labute approximate surface area is 114 Å². The van der Waals surface area contributed by atoms with Crippen LogP contribution in [-0.4, -0.2) is 58.0 Å². The third kappa shape index (κ3) is 6.40. The van der Waals surface area contributed by atoms with Crippen LogP contribution < -0.4 is 0 Å². The van der Waals surface area contributed by atoms with E-state index >= 15 is 0 Å². The zero-order chi connectivity index (χ0) is 13.9. The van der Waals surface area contributed by atoms with E-state index in [1.807, 2.05) is 12.2 Å². The molecule has 1 fully saturated rings. The van der Waals surface area contributed by atoms with Crippen molar-refractivity contribution in [3.63, 3.8) is 0 Å². The summed E-state index contributed by atoms with van der Waals surface area (Å²) >= 11 is 0. The van der Waals surface area contributed by atoms with Crippen LogP contribution in [0.2, 0.25) is 0 Å². The predicted octanol–water partition coefficient (Wildman–Crippen LogP) is 1.36. The SMILES string of the molecule is COC/C=C/COC/C(=C\C(=O)OC)N1CCCC1. The summed E-state index contributed by atoms with van der Waals surface area (Å²) in [6.45, 7) is 3.47. The van der Waals surface area contributed by atoms with Crippen molar-refractivity contribution in [1.29, 1.82) is 0 Å². The number of hydrogen-bond acceptors (Lipinski definition) is 5. The van der Waals surface area contributed by atoms with Gasteiger partial charge in [0.25, 0.3) is 0 Å². The summed E-state index contributed by atoms with van der Waals surface area (Å²) in [6.07, 6.45) is 7.64. The zero-order valence-electron chi connectivity index (χ0n) is 11.8. The number of carbonyl (C=O) groups excluding carboxylic acids is 1. The molecular weight excluding hydrogens is 246 g/mol. The molecule has 0 saturated carbocycles. The number of nitrogens with zero attached hydrogens (tertiary/aromatic N) is 1. The third-order valence-electron chi connectivity index (χ3n) is 2.89. The molecule has 0 aromatic rings. The van der Waals surface area contributed by atoms with Gasteiger partial charge >= 0.3 is 5.97 Å². The van der Waals surface area contributed by atoms with E-state index in [-0.39, 0.29) is 5.97 Å². The van der Waals surface area contributed by atoms with E-state index in [1.54, 1.807) is 7.11 Å². The standard InChI is InChI=1S/C14H23NO4/c1-17-9-5-6-10-19-12-13(11-14(16)18-2)15-7-3-4-8-15/h5-6,11H,3-4,7-10,12H2,1-2H3/b6-5+,13-11+. The van der Waals surface area contributed by atoms with E-state index in [1.165, 1.54) is 13.2 Å². The molecule has 108 valence electrons. The Morgan fingerprint density at radius 1 is 1.16 bits per heavy atom. The van der Waals surface area contributed by atoms with Crippen LogP contribution >= 0.6 is 0 Å². The molecule has 1 aliphatic heterocycles. The highest BCUT2D eigenvalue weighted by Gasteiger charge is 2.16. The van der Waals surface area contributed by atoms with Crippen LogP contribution in [-0.2, 0) is 19.0 Å². The Hall–Kier alpha value is -1.33. The Bertz CT molecular complexity index is 319. The summed E-state index contributed by atoms with van der Waals surface area (Å²) in [5, 5.41) is 0. The highest BCUT2D eigenvalue weighted by Crippen LogP contribution is 2.15. The van der Waals surface area contributed by atoms with Crippen LogP contribution in [0.25, 0.3) is 0 Å². The lowest BCUT2D eigenvalue weighted by Gasteiger charge is -2.21. The van der Waals surface area contributed by atoms with Crippen LogP contribution in [0.1, 0.15) is 12.8 Å². The zero-order valence-corrected chi connectivity index (χ0v) is 11.8. The van der Waals surface area contributed by atoms with Crippen LogP contribution in [0.4, 0.5) is 0 Å². The quantitative estimate of drug-likeness (QED) is 0.288. The fourth-order valence-electron chi connectivity index (χ4n) is 1.89. The average Bonchev–Trinajstić information content (AvgIpc) is 2.95. The van der Waals surface area contributed by atoms with Gasteiger partial charge in [-0.3, -0.25) is 0 Å². The van der Waals surface area contributed by atoms with Crippen molar-refractivity contribution < 1.29 is 19.0 Å². The van der Waals surface area contributed by atoms with Gasteiger partial charge in [0.05, 0.1) is 26.9 Å². The van der Waals surface area contributed by atoms with Gasteiger partial charge in [-0.05, 0) is 12.8 Å². The molecule has 0 aromatic heterocycles. The van der Waals surface area contributed by atoms with Crippen LogP contribution in [0, 0.1) is 0 Å². The minimum atomic E-state index is -0.333. The second kappa shape index (κ2) is 9.58. The van der Waals surface area contributed by atoms with Gasteiger partial charge in [0, 0.05) is 32.0 Å². The van der Waals surface area contributed by atoms with Gasteiger partial charge in [0.1, 0.15) is 0 Å². The smallest absolute Gasteiger partial charge is 0.332 e. The van der Waals surface area contributed by atoms with E-state index in [0.29, 0.717) is 19.8 Å². The summed E-state index contributed by atoms with van der Waals surface area (Å²) in [7, 11) is 3.03. The van der Waals surface area contributed by atoms with Crippen LogP contribution in [0.15, 0.2) is 23.9 Å². The molecule has 0 spiro atoms. The lowest BCUT2D eigenvalue weighted by atomic mass is 10.3. The van der Waals surface area contributed by atoms with Crippen molar-refractivity contribution in [2.24, 2.45) is 0 Å². The molecule has 0 aliphatic carbocycles. The fourth-order valence-corrected chi connectivity index (χ4v) is 1.89. The number of hydrogen-bond donors (Lipinski definition) is 0. The number of methoxy groups -OCH3 is 2. The molecule has 0 bridgehead atoms. The van der Waals surface area contributed by atoms with Gasteiger partial charge in [-0.25, -0.2) is 4.79 Å². The van der Waals surface area contributed by atoms with E-state index in [9.17, 15) is 4.79 Å². The predicted molar refractivity (Wildman–Crippen MR) is 72.7 cm³/mol. The topological polar surface area (TPSA) is 48.0 Å². The summed E-state index contributed by atoms with van der Waals surface area (Å²) < 4.78 is 15.1. The number of carbonyl (C=O) groups is 1. The molecule has 1 aliphatic rings. The molecular formula is C14H23NO4. The number of likely N-dealkylation sites (tertiary alicyclic amines) is 1. The summed E-state index contributed by atoms with van der Waals surface area (Å²) in [6, 6.07) is 0. The molecule has 0 atom stereocenters. The third-order valence-corrected chi connectivity index (χ3v) is 2.89. The maximum atomic E-state index is 11.3. The van der Waals surface area contributed by atoms with Crippen molar-refractivity contribution in [2.45, 2.75) is 12.8 Å². The maximum Gasteiger partial charge on any atom is 0.332 e. The first-order chi connectivity index (χ1) is 9.27. The van der Waals surface area contributed by atoms with Crippen molar-refractivity contribution in [3.05, 3.63) is 23.9 Å². The monoisotopic (exact) mass is 269 g/mol. The normalized spacial score (nSPS) is 16.3. The molecule has 0 aromatic carbocycles. The van der Waals surface area contributed by atoms with Crippen molar-refractivity contribution in [2.75, 3.05) is 47.1 Å². The first kappa shape index (κ1) is 15.7. The highest BCUT2D eigenvalue weighted by molar-refractivity contribution is 5.82. The number of esters is 1. The molecule has 0 N–H and O–H groups in total. The van der Waals surface area contributed by atoms with Crippen molar-refractivity contribution in [1.82, 2.24) is 4.90 Å². The molecule has 1 heterocycles. The molecule has 1 rings (SSSR count). The molecule has 0 amide bonds. The minimum absolute atomic E-state index is 0.333.